The Balaban J connectivity index is 1.93. The van der Waals surface area contributed by atoms with Gasteiger partial charge in [-0.1, -0.05) is 28.1 Å². The van der Waals surface area contributed by atoms with Gasteiger partial charge < -0.3 is 10.6 Å². The molecule has 1 aromatic rings. The van der Waals surface area contributed by atoms with Crippen LogP contribution in [0.15, 0.2) is 28.7 Å². The Hall–Kier alpha value is -0.870. The van der Waals surface area contributed by atoms with Crippen molar-refractivity contribution in [1.29, 1.82) is 0 Å². The number of rotatable bonds is 3. The lowest BCUT2D eigenvalue weighted by Crippen LogP contribution is -2.41. The van der Waals surface area contributed by atoms with E-state index in [1.807, 2.05) is 31.2 Å². The van der Waals surface area contributed by atoms with Crippen LogP contribution in [-0.4, -0.2) is 18.5 Å². The molecule has 1 aromatic carbocycles. The van der Waals surface area contributed by atoms with Gasteiger partial charge in [-0.2, -0.15) is 0 Å². The average molecular weight is 297 g/mol. The Bertz CT molecular complexity index is 385. The van der Waals surface area contributed by atoms with Crippen molar-refractivity contribution in [3.05, 3.63) is 34.3 Å². The predicted octanol–water partition coefficient (Wildman–Crippen LogP) is 2.38. The van der Waals surface area contributed by atoms with Crippen molar-refractivity contribution >= 4 is 21.8 Å². The Kier molecular flexibility index (Phi) is 4.18. The first-order chi connectivity index (χ1) is 8.16. The van der Waals surface area contributed by atoms with Gasteiger partial charge in [0.05, 0.1) is 12.1 Å². The van der Waals surface area contributed by atoms with Crippen molar-refractivity contribution in [2.24, 2.45) is 0 Å². The van der Waals surface area contributed by atoms with Gasteiger partial charge in [0, 0.05) is 4.47 Å². The quantitative estimate of drug-likeness (QED) is 0.899. The average Bonchev–Trinajstić information content (AvgIpc) is 2.83. The molecule has 1 aliphatic rings. The van der Waals surface area contributed by atoms with E-state index in [1.54, 1.807) is 0 Å². The van der Waals surface area contributed by atoms with Gasteiger partial charge in [0.2, 0.25) is 5.91 Å². The third-order valence-electron chi connectivity index (χ3n) is 3.11. The number of amides is 1. The highest BCUT2D eigenvalue weighted by molar-refractivity contribution is 9.10. The molecule has 0 aromatic heterocycles. The van der Waals surface area contributed by atoms with E-state index in [4.69, 9.17) is 0 Å². The Morgan fingerprint density at radius 3 is 2.76 bits per heavy atom. The van der Waals surface area contributed by atoms with Crippen molar-refractivity contribution in [2.45, 2.75) is 31.8 Å². The molecular weight excluding hydrogens is 280 g/mol. The van der Waals surface area contributed by atoms with Crippen LogP contribution < -0.4 is 10.6 Å². The fourth-order valence-electron chi connectivity index (χ4n) is 2.06. The second-order valence-corrected chi connectivity index (χ2v) is 5.35. The number of nitrogens with one attached hydrogen (secondary N) is 2. The molecule has 1 fully saturated rings. The summed E-state index contributed by atoms with van der Waals surface area (Å²) in [6.45, 7) is 2.96. The standard InChI is InChI=1S/C13H17BrN2O/c1-9(10-4-6-11(14)7-5-10)16-13(17)12-3-2-8-15-12/h4-7,9,12,15H,2-3,8H2,1H3,(H,16,17)/t9-,12+/m0/s1. The molecule has 0 radical (unpaired) electrons. The summed E-state index contributed by atoms with van der Waals surface area (Å²) in [5.74, 6) is 0.109. The first kappa shape index (κ1) is 12.6. The second kappa shape index (κ2) is 5.65. The van der Waals surface area contributed by atoms with Gasteiger partial charge in [-0.3, -0.25) is 4.79 Å². The molecule has 2 rings (SSSR count). The number of halogens is 1. The molecule has 0 bridgehead atoms. The second-order valence-electron chi connectivity index (χ2n) is 4.43. The topological polar surface area (TPSA) is 41.1 Å². The molecule has 0 spiro atoms. The van der Waals surface area contributed by atoms with Crippen LogP contribution in [0.1, 0.15) is 31.4 Å². The number of carbonyl (C=O) groups is 1. The molecule has 1 saturated heterocycles. The zero-order valence-corrected chi connectivity index (χ0v) is 11.5. The molecule has 4 heteroatoms. The summed E-state index contributed by atoms with van der Waals surface area (Å²) in [7, 11) is 0. The van der Waals surface area contributed by atoms with Crippen LogP contribution in [0.25, 0.3) is 0 Å². The van der Waals surface area contributed by atoms with Crippen molar-refractivity contribution < 1.29 is 4.79 Å². The zero-order chi connectivity index (χ0) is 12.3. The number of benzene rings is 1. The number of hydrogen-bond donors (Lipinski definition) is 2. The Morgan fingerprint density at radius 1 is 1.47 bits per heavy atom. The molecule has 1 aliphatic heterocycles. The summed E-state index contributed by atoms with van der Waals surface area (Å²) in [5, 5.41) is 6.24. The van der Waals surface area contributed by atoms with Crippen LogP contribution in [0.2, 0.25) is 0 Å². The van der Waals surface area contributed by atoms with Gasteiger partial charge in [0.1, 0.15) is 0 Å². The van der Waals surface area contributed by atoms with Gasteiger partial charge >= 0.3 is 0 Å². The molecule has 1 amide bonds. The molecule has 1 heterocycles. The van der Waals surface area contributed by atoms with E-state index >= 15 is 0 Å². The molecule has 17 heavy (non-hydrogen) atoms. The van der Waals surface area contributed by atoms with E-state index in [1.165, 1.54) is 0 Å². The van der Waals surface area contributed by atoms with E-state index in [9.17, 15) is 4.79 Å². The highest BCUT2D eigenvalue weighted by Gasteiger charge is 2.23. The van der Waals surface area contributed by atoms with Crippen LogP contribution in [0.3, 0.4) is 0 Å². The summed E-state index contributed by atoms with van der Waals surface area (Å²) >= 11 is 3.40. The molecule has 0 aliphatic carbocycles. The molecule has 0 unspecified atom stereocenters. The zero-order valence-electron chi connectivity index (χ0n) is 9.87. The first-order valence-electron chi connectivity index (χ1n) is 5.96. The first-order valence-corrected chi connectivity index (χ1v) is 6.75. The van der Waals surface area contributed by atoms with Gasteiger partial charge in [-0.25, -0.2) is 0 Å². The minimum Gasteiger partial charge on any atom is -0.348 e. The lowest BCUT2D eigenvalue weighted by Gasteiger charge is -2.17. The molecule has 0 saturated carbocycles. The summed E-state index contributed by atoms with van der Waals surface area (Å²) in [6, 6.07) is 8.08. The van der Waals surface area contributed by atoms with Crippen LogP contribution in [-0.2, 0) is 4.79 Å². The van der Waals surface area contributed by atoms with Crippen molar-refractivity contribution in [3.8, 4) is 0 Å². The highest BCUT2D eigenvalue weighted by atomic mass is 79.9. The lowest BCUT2D eigenvalue weighted by molar-refractivity contribution is -0.123. The van der Waals surface area contributed by atoms with Crippen molar-refractivity contribution in [3.63, 3.8) is 0 Å². The molecule has 3 nitrogen and oxygen atoms in total. The minimum atomic E-state index is -0.00658. The van der Waals surface area contributed by atoms with Crippen LogP contribution in [0, 0.1) is 0 Å². The fourth-order valence-corrected chi connectivity index (χ4v) is 2.32. The maximum Gasteiger partial charge on any atom is 0.237 e. The third kappa shape index (κ3) is 3.30. The van der Waals surface area contributed by atoms with Crippen molar-refractivity contribution in [2.75, 3.05) is 6.54 Å². The van der Waals surface area contributed by atoms with Crippen LogP contribution >= 0.6 is 15.9 Å². The minimum absolute atomic E-state index is 0.00658. The maximum absolute atomic E-state index is 11.9. The van der Waals surface area contributed by atoms with Crippen molar-refractivity contribution in [1.82, 2.24) is 10.6 Å². The number of hydrogen-bond acceptors (Lipinski definition) is 2. The lowest BCUT2D eigenvalue weighted by atomic mass is 10.1. The molecule has 92 valence electrons. The van der Waals surface area contributed by atoms with E-state index in [2.05, 4.69) is 26.6 Å². The van der Waals surface area contributed by atoms with Gasteiger partial charge in [0.25, 0.3) is 0 Å². The Labute approximate surface area is 110 Å². The summed E-state index contributed by atoms with van der Waals surface area (Å²) in [5.41, 5.74) is 1.12. The SMILES string of the molecule is C[C@H](NC(=O)[C@H]1CCCN1)c1ccc(Br)cc1. The summed E-state index contributed by atoms with van der Waals surface area (Å²) in [4.78, 5) is 11.9. The van der Waals surface area contributed by atoms with E-state index in [0.29, 0.717) is 0 Å². The Morgan fingerprint density at radius 2 is 2.18 bits per heavy atom. The van der Waals surface area contributed by atoms with Crippen LogP contribution in [0.4, 0.5) is 0 Å². The van der Waals surface area contributed by atoms with Gasteiger partial charge in [-0.15, -0.1) is 0 Å². The monoisotopic (exact) mass is 296 g/mol. The van der Waals surface area contributed by atoms with Gasteiger partial charge in [0.15, 0.2) is 0 Å². The largest absolute Gasteiger partial charge is 0.348 e. The van der Waals surface area contributed by atoms with Crippen LogP contribution in [0.5, 0.6) is 0 Å². The smallest absolute Gasteiger partial charge is 0.237 e. The normalized spacial score (nSPS) is 21.2. The maximum atomic E-state index is 11.9. The predicted molar refractivity (Wildman–Crippen MR) is 71.7 cm³/mol. The fraction of sp³-hybridized carbons (Fsp3) is 0.462. The summed E-state index contributed by atoms with van der Waals surface area (Å²) < 4.78 is 1.05. The molecule has 2 N–H and O–H groups in total. The molecular formula is C13H17BrN2O. The van der Waals surface area contributed by atoms with E-state index < -0.39 is 0 Å². The highest BCUT2D eigenvalue weighted by Crippen LogP contribution is 2.17. The van der Waals surface area contributed by atoms with E-state index in [-0.39, 0.29) is 18.0 Å². The summed E-state index contributed by atoms with van der Waals surface area (Å²) in [6.07, 6.45) is 2.03. The number of carbonyl (C=O) groups excluding carboxylic acids is 1. The van der Waals surface area contributed by atoms with Gasteiger partial charge in [-0.05, 0) is 44.0 Å². The van der Waals surface area contributed by atoms with E-state index in [0.717, 1.165) is 29.4 Å². The third-order valence-corrected chi connectivity index (χ3v) is 3.63. The molecule has 2 atom stereocenters.